The predicted octanol–water partition coefficient (Wildman–Crippen LogP) is 1.69. The van der Waals surface area contributed by atoms with Crippen LogP contribution < -0.4 is 5.73 Å². The maximum absolute atomic E-state index is 5.38. The lowest BCUT2D eigenvalue weighted by Gasteiger charge is -1.81. The highest BCUT2D eigenvalue weighted by atomic mass is 32.1. The van der Waals surface area contributed by atoms with Crippen molar-refractivity contribution in [3.8, 4) is 10.6 Å². The zero-order chi connectivity index (χ0) is 8.55. The lowest BCUT2D eigenvalue weighted by molar-refractivity contribution is 0.439. The highest BCUT2D eigenvalue weighted by Gasteiger charge is 2.06. The van der Waals surface area contributed by atoms with Gasteiger partial charge in [-0.2, -0.15) is 0 Å². The summed E-state index contributed by atoms with van der Waals surface area (Å²) in [7, 11) is 0. The molecule has 0 saturated carbocycles. The van der Waals surface area contributed by atoms with Crippen molar-refractivity contribution in [3.05, 3.63) is 17.3 Å². The van der Waals surface area contributed by atoms with E-state index in [4.69, 9.17) is 10.3 Å². The molecule has 0 aromatic carbocycles. The summed E-state index contributed by atoms with van der Waals surface area (Å²) in [6.45, 7) is 1.94. The van der Waals surface area contributed by atoms with E-state index in [1.807, 2.05) is 6.92 Å². The van der Waals surface area contributed by atoms with Crippen LogP contribution in [0.5, 0.6) is 0 Å². The Morgan fingerprint density at radius 1 is 1.58 bits per heavy atom. The number of hydrogen-bond donors (Lipinski definition) is 1. The van der Waals surface area contributed by atoms with Gasteiger partial charge < -0.3 is 10.3 Å². The second-order valence-corrected chi connectivity index (χ2v) is 3.59. The second kappa shape index (κ2) is 2.60. The fourth-order valence-corrected chi connectivity index (χ4v) is 1.62. The Balaban J connectivity index is 2.43. The van der Waals surface area contributed by atoms with Crippen molar-refractivity contribution in [2.24, 2.45) is 0 Å². The van der Waals surface area contributed by atoms with E-state index < -0.39 is 0 Å². The van der Waals surface area contributed by atoms with E-state index in [-0.39, 0.29) is 0 Å². The summed E-state index contributed by atoms with van der Waals surface area (Å²) in [5, 5.41) is 4.78. The molecule has 2 rings (SSSR count). The lowest BCUT2D eigenvalue weighted by atomic mass is 10.4. The predicted molar refractivity (Wildman–Crippen MR) is 46.8 cm³/mol. The summed E-state index contributed by atoms with van der Waals surface area (Å²) in [6.07, 6.45) is 1.76. The highest BCUT2D eigenvalue weighted by molar-refractivity contribution is 7.15. The molecule has 2 heterocycles. The standard InChI is InChI=1S/C7H7N3OS/c1-4-9-3-6(12-4)5-2-7(8)11-10-5/h2-3H,8H2,1H3. The van der Waals surface area contributed by atoms with Gasteiger partial charge in [-0.15, -0.1) is 11.3 Å². The van der Waals surface area contributed by atoms with Crippen LogP contribution in [0.15, 0.2) is 16.8 Å². The zero-order valence-corrected chi connectivity index (χ0v) is 7.26. The molecular weight excluding hydrogens is 174 g/mol. The van der Waals surface area contributed by atoms with E-state index in [0.29, 0.717) is 5.88 Å². The summed E-state index contributed by atoms with van der Waals surface area (Å²) in [6, 6.07) is 1.69. The number of aromatic nitrogens is 2. The van der Waals surface area contributed by atoms with Crippen LogP contribution in [0.2, 0.25) is 0 Å². The first-order chi connectivity index (χ1) is 5.75. The van der Waals surface area contributed by atoms with Crippen molar-refractivity contribution >= 4 is 17.2 Å². The van der Waals surface area contributed by atoms with E-state index in [1.165, 1.54) is 0 Å². The van der Waals surface area contributed by atoms with Gasteiger partial charge in [0.25, 0.3) is 0 Å². The summed E-state index contributed by atoms with van der Waals surface area (Å²) >= 11 is 1.56. The molecule has 0 radical (unpaired) electrons. The van der Waals surface area contributed by atoms with Crippen LogP contribution in [-0.2, 0) is 0 Å². The molecule has 2 aromatic rings. The van der Waals surface area contributed by atoms with Crippen LogP contribution in [0.1, 0.15) is 5.01 Å². The maximum Gasteiger partial charge on any atom is 0.222 e. The second-order valence-electron chi connectivity index (χ2n) is 2.36. The Bertz CT molecular complexity index is 355. The monoisotopic (exact) mass is 181 g/mol. The Kier molecular flexibility index (Phi) is 1.58. The van der Waals surface area contributed by atoms with Crippen LogP contribution in [-0.4, -0.2) is 10.1 Å². The lowest BCUT2D eigenvalue weighted by Crippen LogP contribution is -1.75. The molecule has 2 aromatic heterocycles. The molecule has 0 aliphatic carbocycles. The molecule has 0 aliphatic rings. The number of hydrogen-bond acceptors (Lipinski definition) is 5. The van der Waals surface area contributed by atoms with Crippen LogP contribution in [0.25, 0.3) is 10.6 Å². The molecule has 4 nitrogen and oxygen atoms in total. The smallest absolute Gasteiger partial charge is 0.222 e. The summed E-state index contributed by atoms with van der Waals surface area (Å²) in [5.74, 6) is 0.330. The first kappa shape index (κ1) is 7.30. The van der Waals surface area contributed by atoms with Gasteiger partial charge in [0.05, 0.1) is 9.88 Å². The number of anilines is 1. The number of nitrogens with zero attached hydrogens (tertiary/aromatic N) is 2. The minimum Gasteiger partial charge on any atom is -0.368 e. The maximum atomic E-state index is 5.38. The van der Waals surface area contributed by atoms with E-state index >= 15 is 0 Å². The Morgan fingerprint density at radius 3 is 2.92 bits per heavy atom. The van der Waals surface area contributed by atoms with Crippen LogP contribution in [0.3, 0.4) is 0 Å². The molecule has 0 aliphatic heterocycles. The highest BCUT2D eigenvalue weighted by Crippen LogP contribution is 2.25. The number of rotatable bonds is 1. The van der Waals surface area contributed by atoms with Gasteiger partial charge in [0.1, 0.15) is 5.69 Å². The summed E-state index contributed by atoms with van der Waals surface area (Å²) in [5.41, 5.74) is 6.13. The van der Waals surface area contributed by atoms with Crippen molar-refractivity contribution in [2.75, 3.05) is 5.73 Å². The summed E-state index contributed by atoms with van der Waals surface area (Å²) in [4.78, 5) is 5.08. The molecule has 0 fully saturated rings. The Hall–Kier alpha value is -1.36. The normalized spacial score (nSPS) is 10.4. The van der Waals surface area contributed by atoms with E-state index in [2.05, 4.69) is 10.1 Å². The van der Waals surface area contributed by atoms with Gasteiger partial charge in [0, 0.05) is 12.3 Å². The van der Waals surface area contributed by atoms with Gasteiger partial charge >= 0.3 is 0 Å². The third-order valence-electron chi connectivity index (χ3n) is 1.40. The van der Waals surface area contributed by atoms with Gasteiger partial charge in [0.2, 0.25) is 5.88 Å². The first-order valence-electron chi connectivity index (χ1n) is 3.41. The van der Waals surface area contributed by atoms with Crippen molar-refractivity contribution in [1.82, 2.24) is 10.1 Å². The topological polar surface area (TPSA) is 64.9 Å². The fraction of sp³-hybridized carbons (Fsp3) is 0.143. The third kappa shape index (κ3) is 1.18. The van der Waals surface area contributed by atoms with Gasteiger partial charge in [-0.05, 0) is 6.92 Å². The van der Waals surface area contributed by atoms with Crippen LogP contribution in [0, 0.1) is 6.92 Å². The molecule has 62 valence electrons. The third-order valence-corrected chi connectivity index (χ3v) is 2.34. The molecular formula is C7H7N3OS. The molecule has 0 unspecified atom stereocenters. The molecule has 0 amide bonds. The van der Waals surface area contributed by atoms with Crippen molar-refractivity contribution in [2.45, 2.75) is 6.92 Å². The Labute approximate surface area is 73.0 Å². The van der Waals surface area contributed by atoms with E-state index in [9.17, 15) is 0 Å². The van der Waals surface area contributed by atoms with Crippen molar-refractivity contribution < 1.29 is 4.52 Å². The van der Waals surface area contributed by atoms with E-state index in [1.54, 1.807) is 23.6 Å². The van der Waals surface area contributed by atoms with Crippen LogP contribution >= 0.6 is 11.3 Å². The molecule has 0 spiro atoms. The average molecular weight is 181 g/mol. The number of thiazole rings is 1. The molecule has 0 saturated heterocycles. The quantitative estimate of drug-likeness (QED) is 0.727. The van der Waals surface area contributed by atoms with Gasteiger partial charge in [-0.1, -0.05) is 5.16 Å². The summed E-state index contributed by atoms with van der Waals surface area (Å²) < 4.78 is 4.73. The SMILES string of the molecule is Cc1ncc(-c2cc(N)on2)s1. The van der Waals surface area contributed by atoms with Crippen molar-refractivity contribution in [3.63, 3.8) is 0 Å². The molecule has 2 N–H and O–H groups in total. The van der Waals surface area contributed by atoms with E-state index in [0.717, 1.165) is 15.6 Å². The number of nitrogens with two attached hydrogens (primary N) is 1. The van der Waals surface area contributed by atoms with Crippen LogP contribution in [0.4, 0.5) is 5.88 Å². The zero-order valence-electron chi connectivity index (χ0n) is 6.44. The largest absolute Gasteiger partial charge is 0.368 e. The van der Waals surface area contributed by atoms with Gasteiger partial charge in [-0.25, -0.2) is 4.98 Å². The minimum atomic E-state index is 0.330. The number of nitrogen functional groups attached to an aromatic ring is 1. The number of aryl methyl sites for hydroxylation is 1. The molecule has 5 heteroatoms. The fourth-order valence-electron chi connectivity index (χ4n) is 0.885. The Morgan fingerprint density at radius 2 is 2.42 bits per heavy atom. The minimum absolute atomic E-state index is 0.330. The molecule has 12 heavy (non-hydrogen) atoms. The molecule has 0 atom stereocenters. The molecule has 0 bridgehead atoms. The van der Waals surface area contributed by atoms with Gasteiger partial charge in [-0.3, -0.25) is 0 Å². The average Bonchev–Trinajstić information content (AvgIpc) is 2.58. The first-order valence-corrected chi connectivity index (χ1v) is 4.22. The van der Waals surface area contributed by atoms with Crippen molar-refractivity contribution in [1.29, 1.82) is 0 Å². The van der Waals surface area contributed by atoms with Gasteiger partial charge in [0.15, 0.2) is 0 Å².